The Morgan fingerprint density at radius 3 is 2.81 bits per heavy atom. The van der Waals surface area contributed by atoms with E-state index >= 15 is 0 Å². The average molecular weight is 224 g/mol. The molecule has 1 rings (SSSR count). The number of hydrogen-bond donors (Lipinski definition) is 0. The molecular weight excluding hydrogens is 207 g/mol. The first-order valence-corrected chi connectivity index (χ1v) is 5.57. The van der Waals surface area contributed by atoms with Crippen LogP contribution in [0.15, 0.2) is 24.3 Å². The van der Waals surface area contributed by atoms with Crippen molar-refractivity contribution >= 4 is 5.78 Å². The molecule has 16 heavy (non-hydrogen) atoms. The van der Waals surface area contributed by atoms with Crippen molar-refractivity contribution in [3.05, 3.63) is 35.6 Å². The Kier molecular flexibility index (Phi) is 5.72. The molecule has 88 valence electrons. The number of ether oxygens (including phenoxy) is 1. The maximum Gasteiger partial charge on any atom is 0.137 e. The van der Waals surface area contributed by atoms with Crippen molar-refractivity contribution in [1.29, 1.82) is 0 Å². The van der Waals surface area contributed by atoms with Crippen molar-refractivity contribution in [3.8, 4) is 0 Å². The number of carbonyl (C=O) groups is 1. The van der Waals surface area contributed by atoms with Gasteiger partial charge in [-0.25, -0.2) is 4.39 Å². The van der Waals surface area contributed by atoms with Crippen LogP contribution in [-0.4, -0.2) is 19.0 Å². The summed E-state index contributed by atoms with van der Waals surface area (Å²) in [7, 11) is 0. The maximum absolute atomic E-state index is 13.2. The topological polar surface area (TPSA) is 26.3 Å². The highest BCUT2D eigenvalue weighted by Crippen LogP contribution is 2.08. The summed E-state index contributed by atoms with van der Waals surface area (Å²) in [5.74, 6) is -0.245. The number of halogens is 1. The minimum absolute atomic E-state index is 0.0600. The molecule has 0 aliphatic heterocycles. The van der Waals surface area contributed by atoms with E-state index in [0.29, 0.717) is 31.6 Å². The van der Waals surface area contributed by atoms with Crippen LogP contribution >= 0.6 is 0 Å². The fourth-order valence-corrected chi connectivity index (χ4v) is 1.46. The normalized spacial score (nSPS) is 10.4. The molecule has 0 N–H and O–H groups in total. The summed E-state index contributed by atoms with van der Waals surface area (Å²) in [5.41, 5.74) is 0.476. The Morgan fingerprint density at radius 1 is 1.38 bits per heavy atom. The van der Waals surface area contributed by atoms with Gasteiger partial charge in [0.2, 0.25) is 0 Å². The Labute approximate surface area is 95.4 Å². The van der Waals surface area contributed by atoms with E-state index in [4.69, 9.17) is 4.74 Å². The first-order chi connectivity index (χ1) is 7.74. The molecule has 1 aromatic carbocycles. The molecule has 0 amide bonds. The van der Waals surface area contributed by atoms with E-state index < -0.39 is 0 Å². The number of Topliss-reactive ketones (excluding diaryl/α,β-unsaturated/α-hetero) is 1. The molecule has 0 spiro atoms. The van der Waals surface area contributed by atoms with E-state index in [9.17, 15) is 9.18 Å². The van der Waals surface area contributed by atoms with Gasteiger partial charge in [0.05, 0.1) is 0 Å². The molecule has 0 heterocycles. The zero-order valence-electron chi connectivity index (χ0n) is 9.54. The number of carbonyl (C=O) groups excluding carboxylic acids is 1. The highest BCUT2D eigenvalue weighted by molar-refractivity contribution is 5.80. The Morgan fingerprint density at radius 2 is 2.12 bits per heavy atom. The van der Waals surface area contributed by atoms with Crippen molar-refractivity contribution < 1.29 is 13.9 Å². The second-order valence-corrected chi connectivity index (χ2v) is 3.61. The third kappa shape index (κ3) is 4.53. The van der Waals surface area contributed by atoms with Crippen molar-refractivity contribution in [3.63, 3.8) is 0 Å². The Bertz CT molecular complexity index is 336. The van der Waals surface area contributed by atoms with E-state index in [1.807, 2.05) is 6.92 Å². The minimum atomic E-state index is -0.305. The Balaban J connectivity index is 2.32. The van der Waals surface area contributed by atoms with Gasteiger partial charge >= 0.3 is 0 Å². The molecule has 0 unspecified atom stereocenters. The summed E-state index contributed by atoms with van der Waals surface area (Å²) in [5, 5.41) is 0. The lowest BCUT2D eigenvalue weighted by Crippen LogP contribution is -2.06. The van der Waals surface area contributed by atoms with Gasteiger partial charge in [0.25, 0.3) is 0 Å². The molecule has 0 saturated carbocycles. The molecule has 0 aliphatic carbocycles. The number of rotatable bonds is 7. The zero-order chi connectivity index (χ0) is 11.8. The molecular formula is C13H17FO2. The lowest BCUT2D eigenvalue weighted by molar-refractivity contribution is -0.118. The molecule has 3 heteroatoms. The number of hydrogen-bond acceptors (Lipinski definition) is 2. The second-order valence-electron chi connectivity index (χ2n) is 3.61. The van der Waals surface area contributed by atoms with Crippen LogP contribution in [0, 0.1) is 5.82 Å². The van der Waals surface area contributed by atoms with Gasteiger partial charge in [-0.05, 0) is 25.0 Å². The molecule has 0 fully saturated rings. The lowest BCUT2D eigenvalue weighted by atomic mass is 10.1. The van der Waals surface area contributed by atoms with Crippen molar-refractivity contribution in [2.75, 3.05) is 13.2 Å². The Hall–Kier alpha value is -1.22. The van der Waals surface area contributed by atoms with Gasteiger partial charge < -0.3 is 4.74 Å². The first kappa shape index (κ1) is 12.8. The van der Waals surface area contributed by atoms with Crippen LogP contribution in [0.2, 0.25) is 0 Å². The third-order valence-electron chi connectivity index (χ3n) is 2.29. The summed E-state index contributed by atoms with van der Waals surface area (Å²) in [6.07, 6.45) is 1.34. The van der Waals surface area contributed by atoms with E-state index in [1.165, 1.54) is 6.07 Å². The SMILES string of the molecule is CCOCCCC(=O)Cc1ccccc1F. The predicted molar refractivity (Wildman–Crippen MR) is 60.8 cm³/mol. The largest absolute Gasteiger partial charge is 0.382 e. The summed E-state index contributed by atoms with van der Waals surface area (Å²) in [6, 6.07) is 6.39. The molecule has 0 aliphatic rings. The molecule has 0 saturated heterocycles. The van der Waals surface area contributed by atoms with Gasteiger partial charge in [-0.15, -0.1) is 0 Å². The number of benzene rings is 1. The van der Waals surface area contributed by atoms with E-state index in [1.54, 1.807) is 18.2 Å². The molecule has 0 atom stereocenters. The molecule has 2 nitrogen and oxygen atoms in total. The number of ketones is 1. The molecule has 0 bridgehead atoms. The van der Waals surface area contributed by atoms with Gasteiger partial charge in [0.15, 0.2) is 0 Å². The zero-order valence-corrected chi connectivity index (χ0v) is 9.54. The monoisotopic (exact) mass is 224 g/mol. The highest BCUT2D eigenvalue weighted by atomic mass is 19.1. The quantitative estimate of drug-likeness (QED) is 0.666. The lowest BCUT2D eigenvalue weighted by Gasteiger charge is -2.03. The van der Waals surface area contributed by atoms with Gasteiger partial charge in [-0.1, -0.05) is 18.2 Å². The van der Waals surface area contributed by atoms with Gasteiger partial charge in [0, 0.05) is 26.1 Å². The van der Waals surface area contributed by atoms with Crippen LogP contribution in [0.3, 0.4) is 0 Å². The van der Waals surface area contributed by atoms with E-state index in [-0.39, 0.29) is 18.0 Å². The van der Waals surface area contributed by atoms with Gasteiger partial charge in [-0.2, -0.15) is 0 Å². The maximum atomic E-state index is 13.2. The van der Waals surface area contributed by atoms with Gasteiger partial charge in [-0.3, -0.25) is 4.79 Å². The van der Waals surface area contributed by atoms with Crippen LogP contribution in [-0.2, 0) is 16.0 Å². The van der Waals surface area contributed by atoms with Crippen LogP contribution < -0.4 is 0 Å². The average Bonchev–Trinajstić information content (AvgIpc) is 2.28. The van der Waals surface area contributed by atoms with E-state index in [2.05, 4.69) is 0 Å². The first-order valence-electron chi connectivity index (χ1n) is 5.57. The van der Waals surface area contributed by atoms with Crippen LogP contribution in [0.4, 0.5) is 4.39 Å². The fourth-order valence-electron chi connectivity index (χ4n) is 1.46. The van der Waals surface area contributed by atoms with Crippen LogP contribution in [0.25, 0.3) is 0 Å². The second kappa shape index (κ2) is 7.12. The molecule has 0 aromatic heterocycles. The smallest absolute Gasteiger partial charge is 0.137 e. The summed E-state index contributed by atoms with van der Waals surface area (Å²) in [6.45, 7) is 3.18. The van der Waals surface area contributed by atoms with Crippen LogP contribution in [0.5, 0.6) is 0 Å². The summed E-state index contributed by atoms with van der Waals surface area (Å²) < 4.78 is 18.3. The summed E-state index contributed by atoms with van der Waals surface area (Å²) >= 11 is 0. The summed E-state index contributed by atoms with van der Waals surface area (Å²) in [4.78, 5) is 11.5. The van der Waals surface area contributed by atoms with E-state index in [0.717, 1.165) is 0 Å². The van der Waals surface area contributed by atoms with Crippen molar-refractivity contribution in [2.45, 2.75) is 26.2 Å². The fraction of sp³-hybridized carbons (Fsp3) is 0.462. The van der Waals surface area contributed by atoms with Crippen molar-refractivity contribution in [2.24, 2.45) is 0 Å². The minimum Gasteiger partial charge on any atom is -0.382 e. The van der Waals surface area contributed by atoms with Crippen LogP contribution in [0.1, 0.15) is 25.3 Å². The predicted octanol–water partition coefficient (Wildman–Crippen LogP) is 2.75. The standard InChI is InChI=1S/C13H17FO2/c1-2-16-9-5-7-12(15)10-11-6-3-4-8-13(11)14/h3-4,6,8H,2,5,7,9-10H2,1H3. The molecule has 1 aromatic rings. The molecule has 0 radical (unpaired) electrons. The van der Waals surface area contributed by atoms with Gasteiger partial charge in [0.1, 0.15) is 11.6 Å². The highest BCUT2D eigenvalue weighted by Gasteiger charge is 2.07. The van der Waals surface area contributed by atoms with Crippen molar-refractivity contribution in [1.82, 2.24) is 0 Å². The third-order valence-corrected chi connectivity index (χ3v) is 2.29.